The zero-order valence-corrected chi connectivity index (χ0v) is 13.5. The lowest BCUT2D eigenvalue weighted by Gasteiger charge is -2.10. The fourth-order valence-electron chi connectivity index (χ4n) is 3.45. The van der Waals surface area contributed by atoms with Crippen molar-refractivity contribution in [3.63, 3.8) is 0 Å². The Morgan fingerprint density at radius 2 is 1.96 bits per heavy atom. The molecule has 1 aliphatic rings. The Morgan fingerprint density at radius 1 is 1.12 bits per heavy atom. The van der Waals surface area contributed by atoms with Crippen molar-refractivity contribution in [3.05, 3.63) is 69.4 Å². The topological polar surface area (TPSA) is 88.0 Å². The van der Waals surface area contributed by atoms with Crippen LogP contribution in [0.5, 0.6) is 0 Å². The summed E-state index contributed by atoms with van der Waals surface area (Å²) >= 11 is 0. The van der Waals surface area contributed by atoms with Crippen LogP contribution in [0.15, 0.2) is 42.5 Å². The van der Waals surface area contributed by atoms with E-state index in [4.69, 9.17) is 0 Å². The van der Waals surface area contributed by atoms with Crippen molar-refractivity contribution in [1.82, 2.24) is 4.98 Å². The summed E-state index contributed by atoms with van der Waals surface area (Å²) in [7, 11) is 0. The number of rotatable bonds is 3. The third-order valence-electron chi connectivity index (χ3n) is 4.68. The number of carbonyl (C=O) groups excluding carboxylic acids is 1. The van der Waals surface area contributed by atoms with E-state index in [9.17, 15) is 14.9 Å². The molecule has 6 heteroatoms. The number of aromatic amines is 1. The van der Waals surface area contributed by atoms with Crippen molar-refractivity contribution in [2.24, 2.45) is 0 Å². The number of benzene rings is 2. The monoisotopic (exact) mass is 335 g/mol. The minimum atomic E-state index is -0.478. The number of H-pyrrole nitrogens is 1. The number of non-ortho nitro benzene ring substituents is 1. The van der Waals surface area contributed by atoms with E-state index in [1.54, 1.807) is 18.2 Å². The highest BCUT2D eigenvalue weighted by Crippen LogP contribution is 2.30. The molecule has 0 bridgehead atoms. The van der Waals surface area contributed by atoms with Gasteiger partial charge >= 0.3 is 0 Å². The zero-order chi connectivity index (χ0) is 17.4. The van der Waals surface area contributed by atoms with E-state index in [-0.39, 0.29) is 11.6 Å². The van der Waals surface area contributed by atoms with Crippen LogP contribution in [0.25, 0.3) is 10.9 Å². The molecule has 0 saturated heterocycles. The average Bonchev–Trinajstić information content (AvgIpc) is 2.99. The Kier molecular flexibility index (Phi) is 3.72. The molecule has 6 nitrogen and oxygen atoms in total. The molecule has 1 aliphatic carbocycles. The van der Waals surface area contributed by atoms with Gasteiger partial charge in [-0.1, -0.05) is 6.07 Å². The molecule has 2 aromatic carbocycles. The lowest BCUT2D eigenvalue weighted by Crippen LogP contribution is -2.12. The van der Waals surface area contributed by atoms with Gasteiger partial charge in [-0.2, -0.15) is 0 Å². The summed E-state index contributed by atoms with van der Waals surface area (Å²) in [6.07, 6.45) is 4.45. The largest absolute Gasteiger partial charge is 0.358 e. The van der Waals surface area contributed by atoms with E-state index >= 15 is 0 Å². The number of carbonyl (C=O) groups is 1. The summed E-state index contributed by atoms with van der Waals surface area (Å²) < 4.78 is 0. The number of nitro groups is 1. The first-order valence-corrected chi connectivity index (χ1v) is 8.31. The number of nitrogens with zero attached hydrogens (tertiary/aromatic N) is 1. The molecule has 0 aliphatic heterocycles. The Balaban J connectivity index is 1.64. The first-order chi connectivity index (χ1) is 12.1. The van der Waals surface area contributed by atoms with E-state index in [1.165, 1.54) is 36.2 Å². The van der Waals surface area contributed by atoms with Crippen molar-refractivity contribution >= 4 is 28.2 Å². The second-order valence-electron chi connectivity index (χ2n) is 6.31. The van der Waals surface area contributed by atoms with Crippen molar-refractivity contribution in [2.75, 3.05) is 5.32 Å². The number of nitrogens with one attached hydrogen (secondary N) is 2. The minimum Gasteiger partial charge on any atom is -0.358 e. The lowest BCUT2D eigenvalue weighted by atomic mass is 9.95. The second kappa shape index (κ2) is 6.05. The SMILES string of the molecule is O=C(Nc1cccc([N+](=O)[O-])c1)c1ccc2[nH]c3c(c2c1)CCCC3. The van der Waals surface area contributed by atoms with Crippen LogP contribution in [0.4, 0.5) is 11.4 Å². The highest BCUT2D eigenvalue weighted by atomic mass is 16.6. The van der Waals surface area contributed by atoms with E-state index in [0.717, 1.165) is 23.7 Å². The maximum absolute atomic E-state index is 12.5. The first kappa shape index (κ1) is 15.4. The van der Waals surface area contributed by atoms with E-state index < -0.39 is 4.92 Å². The van der Waals surface area contributed by atoms with Crippen molar-refractivity contribution in [2.45, 2.75) is 25.7 Å². The predicted octanol–water partition coefficient (Wildman–Crippen LogP) is 4.21. The number of anilines is 1. The van der Waals surface area contributed by atoms with Gasteiger partial charge in [-0.25, -0.2) is 0 Å². The summed E-state index contributed by atoms with van der Waals surface area (Å²) in [6, 6.07) is 11.6. The molecule has 126 valence electrons. The molecule has 1 heterocycles. The number of hydrogen-bond acceptors (Lipinski definition) is 3. The summed E-state index contributed by atoms with van der Waals surface area (Å²) in [4.78, 5) is 26.4. The molecule has 0 spiro atoms. The molecule has 0 unspecified atom stereocenters. The minimum absolute atomic E-state index is 0.0482. The summed E-state index contributed by atoms with van der Waals surface area (Å²) in [5.41, 5.74) is 4.55. The fraction of sp³-hybridized carbons (Fsp3) is 0.211. The summed E-state index contributed by atoms with van der Waals surface area (Å²) in [6.45, 7) is 0. The van der Waals surface area contributed by atoms with Crippen LogP contribution in [0.1, 0.15) is 34.5 Å². The fourth-order valence-corrected chi connectivity index (χ4v) is 3.45. The molecular formula is C19H17N3O3. The Labute approximate surface area is 144 Å². The second-order valence-corrected chi connectivity index (χ2v) is 6.31. The van der Waals surface area contributed by atoms with Gasteiger partial charge in [-0.05, 0) is 55.5 Å². The van der Waals surface area contributed by atoms with Crippen molar-refractivity contribution in [1.29, 1.82) is 0 Å². The van der Waals surface area contributed by atoms with Crippen LogP contribution in [0.3, 0.4) is 0 Å². The van der Waals surface area contributed by atoms with Gasteiger partial charge in [0.2, 0.25) is 0 Å². The predicted molar refractivity (Wildman–Crippen MR) is 96.0 cm³/mol. The smallest absolute Gasteiger partial charge is 0.271 e. The normalized spacial score (nSPS) is 13.4. The molecule has 3 aromatic rings. The molecule has 1 amide bonds. The maximum Gasteiger partial charge on any atom is 0.271 e. The van der Waals surface area contributed by atoms with Crippen LogP contribution in [-0.4, -0.2) is 15.8 Å². The van der Waals surface area contributed by atoms with Crippen molar-refractivity contribution < 1.29 is 9.72 Å². The number of fused-ring (bicyclic) bond motifs is 3. The Morgan fingerprint density at radius 3 is 2.80 bits per heavy atom. The molecular weight excluding hydrogens is 318 g/mol. The van der Waals surface area contributed by atoms with Crippen LogP contribution in [0, 0.1) is 10.1 Å². The number of aryl methyl sites for hydroxylation is 2. The highest BCUT2D eigenvalue weighted by Gasteiger charge is 2.17. The Hall–Kier alpha value is -3.15. The lowest BCUT2D eigenvalue weighted by molar-refractivity contribution is -0.384. The van der Waals surface area contributed by atoms with Crippen LogP contribution in [0.2, 0.25) is 0 Å². The van der Waals surface area contributed by atoms with Gasteiger partial charge in [0.1, 0.15) is 0 Å². The molecule has 0 fully saturated rings. The number of hydrogen-bond donors (Lipinski definition) is 2. The number of amides is 1. The molecule has 0 atom stereocenters. The zero-order valence-electron chi connectivity index (χ0n) is 13.5. The van der Waals surface area contributed by atoms with Crippen LogP contribution < -0.4 is 5.32 Å². The molecule has 1 aromatic heterocycles. The van der Waals surface area contributed by atoms with Gasteiger partial charge in [0.05, 0.1) is 4.92 Å². The number of aromatic nitrogens is 1. The van der Waals surface area contributed by atoms with Gasteiger partial charge in [0, 0.05) is 40.0 Å². The van der Waals surface area contributed by atoms with Crippen LogP contribution >= 0.6 is 0 Å². The quantitative estimate of drug-likeness (QED) is 0.555. The molecule has 2 N–H and O–H groups in total. The maximum atomic E-state index is 12.5. The van der Waals surface area contributed by atoms with Gasteiger partial charge in [-0.3, -0.25) is 14.9 Å². The standard InChI is InChI=1S/C19H17N3O3/c23-19(20-13-4-3-5-14(11-13)22(24)25)12-8-9-18-16(10-12)15-6-1-2-7-17(15)21-18/h3-5,8-11,21H,1-2,6-7H2,(H,20,23). The first-order valence-electron chi connectivity index (χ1n) is 8.31. The van der Waals surface area contributed by atoms with Crippen molar-refractivity contribution in [3.8, 4) is 0 Å². The molecule has 4 rings (SSSR count). The van der Waals surface area contributed by atoms with Gasteiger partial charge in [0.15, 0.2) is 0 Å². The van der Waals surface area contributed by atoms with Gasteiger partial charge in [-0.15, -0.1) is 0 Å². The van der Waals surface area contributed by atoms with E-state index in [0.29, 0.717) is 11.3 Å². The molecule has 0 saturated carbocycles. The molecule has 0 radical (unpaired) electrons. The average molecular weight is 335 g/mol. The number of nitro benzene ring substituents is 1. The summed E-state index contributed by atoms with van der Waals surface area (Å²) in [5.74, 6) is -0.270. The molecule has 25 heavy (non-hydrogen) atoms. The third kappa shape index (κ3) is 2.87. The highest BCUT2D eigenvalue weighted by molar-refractivity contribution is 6.06. The van der Waals surface area contributed by atoms with Crippen LogP contribution in [-0.2, 0) is 12.8 Å². The third-order valence-corrected chi connectivity index (χ3v) is 4.68. The summed E-state index contributed by atoms with van der Waals surface area (Å²) in [5, 5.41) is 14.7. The van der Waals surface area contributed by atoms with E-state index in [1.807, 2.05) is 12.1 Å². The Bertz CT molecular complexity index is 991. The van der Waals surface area contributed by atoms with Gasteiger partial charge < -0.3 is 10.3 Å². The van der Waals surface area contributed by atoms with E-state index in [2.05, 4.69) is 10.3 Å². The van der Waals surface area contributed by atoms with Gasteiger partial charge in [0.25, 0.3) is 11.6 Å².